The first-order valence-corrected chi connectivity index (χ1v) is 11.6. The van der Waals surface area contributed by atoms with Crippen LogP contribution in [0.5, 0.6) is 0 Å². The number of methoxy groups -OCH3 is 1. The van der Waals surface area contributed by atoms with Gasteiger partial charge in [0.15, 0.2) is 0 Å². The molecule has 1 aliphatic rings. The first-order valence-electron chi connectivity index (χ1n) is 10.1. The number of hydrogen-bond donors (Lipinski definition) is 2. The molecule has 2 N–H and O–H groups in total. The van der Waals surface area contributed by atoms with Crippen molar-refractivity contribution in [1.29, 1.82) is 0 Å². The number of ether oxygens (including phenoxy) is 1. The molecule has 1 atom stereocenters. The Kier molecular flexibility index (Phi) is 7.64. The lowest BCUT2D eigenvalue weighted by atomic mass is 9.96. The minimum absolute atomic E-state index is 0.0843. The van der Waals surface area contributed by atoms with Crippen LogP contribution in [-0.2, 0) is 19.6 Å². The summed E-state index contributed by atoms with van der Waals surface area (Å²) in [5.74, 6) is -0.580. The number of amides is 2. The number of nitrogens with one attached hydrogen (secondary N) is 2. The standard InChI is InChI=1S/C22H27N3O5S/c1-30-14-12-23-21(26)18-8-6-13-25(16-18)22(27)17-7-5-9-19(15-17)24-31(28,29)20-10-3-2-4-11-20/h2-5,7,9-11,15,18,24H,6,8,12-14,16H2,1H3,(H,23,26)/t18-/m1/s1. The molecule has 9 heteroatoms. The Morgan fingerprint density at radius 2 is 1.90 bits per heavy atom. The van der Waals surface area contributed by atoms with Gasteiger partial charge in [-0.15, -0.1) is 0 Å². The zero-order valence-electron chi connectivity index (χ0n) is 17.4. The third-order valence-electron chi connectivity index (χ3n) is 5.10. The molecule has 0 unspecified atom stereocenters. The summed E-state index contributed by atoms with van der Waals surface area (Å²) in [6, 6.07) is 14.4. The van der Waals surface area contributed by atoms with Gasteiger partial charge in [0.05, 0.1) is 17.4 Å². The second kappa shape index (κ2) is 10.4. The summed E-state index contributed by atoms with van der Waals surface area (Å²) in [4.78, 5) is 27.1. The number of sulfonamides is 1. The Hall–Kier alpha value is -2.91. The predicted octanol–water partition coefficient (Wildman–Crippen LogP) is 2.10. The Morgan fingerprint density at radius 3 is 2.65 bits per heavy atom. The highest BCUT2D eigenvalue weighted by molar-refractivity contribution is 7.92. The lowest BCUT2D eigenvalue weighted by Gasteiger charge is -2.32. The van der Waals surface area contributed by atoms with Crippen molar-refractivity contribution in [2.75, 3.05) is 38.1 Å². The molecule has 2 amide bonds. The van der Waals surface area contributed by atoms with Crippen LogP contribution in [0.1, 0.15) is 23.2 Å². The van der Waals surface area contributed by atoms with E-state index >= 15 is 0 Å². The lowest BCUT2D eigenvalue weighted by Crippen LogP contribution is -2.45. The fourth-order valence-electron chi connectivity index (χ4n) is 3.51. The molecule has 166 valence electrons. The lowest BCUT2D eigenvalue weighted by molar-refractivity contribution is -0.126. The van der Waals surface area contributed by atoms with Crippen LogP contribution in [0.4, 0.5) is 5.69 Å². The summed E-state index contributed by atoms with van der Waals surface area (Å²) >= 11 is 0. The van der Waals surface area contributed by atoms with Crippen LogP contribution in [0.2, 0.25) is 0 Å². The maximum atomic E-state index is 13.0. The highest BCUT2D eigenvalue weighted by Crippen LogP contribution is 2.21. The summed E-state index contributed by atoms with van der Waals surface area (Å²) in [6.45, 7) is 1.76. The van der Waals surface area contributed by atoms with E-state index in [0.717, 1.165) is 12.8 Å². The molecule has 1 saturated heterocycles. The first-order chi connectivity index (χ1) is 14.9. The minimum atomic E-state index is -3.75. The highest BCUT2D eigenvalue weighted by atomic mass is 32.2. The van der Waals surface area contributed by atoms with Gasteiger partial charge in [-0.1, -0.05) is 24.3 Å². The van der Waals surface area contributed by atoms with E-state index in [2.05, 4.69) is 10.0 Å². The van der Waals surface area contributed by atoms with Gasteiger partial charge in [-0.3, -0.25) is 14.3 Å². The number of benzene rings is 2. The maximum Gasteiger partial charge on any atom is 0.261 e. The molecular formula is C22H27N3O5S. The van der Waals surface area contributed by atoms with Crippen LogP contribution in [0.3, 0.4) is 0 Å². The molecule has 1 fully saturated rings. The maximum absolute atomic E-state index is 13.0. The van der Waals surface area contributed by atoms with Crippen molar-refractivity contribution in [2.45, 2.75) is 17.7 Å². The molecule has 1 aliphatic heterocycles. The number of carbonyl (C=O) groups excluding carboxylic acids is 2. The van der Waals surface area contributed by atoms with E-state index in [1.54, 1.807) is 48.4 Å². The Labute approximate surface area is 182 Å². The SMILES string of the molecule is COCCNC(=O)[C@@H]1CCCN(C(=O)c2cccc(NS(=O)(=O)c3ccccc3)c2)C1. The molecule has 2 aromatic rings. The Balaban J connectivity index is 1.67. The van der Waals surface area contributed by atoms with E-state index in [1.165, 1.54) is 18.2 Å². The summed E-state index contributed by atoms with van der Waals surface area (Å²) in [7, 11) is -2.18. The van der Waals surface area contributed by atoms with Crippen molar-refractivity contribution >= 4 is 27.5 Å². The van der Waals surface area contributed by atoms with Gasteiger partial charge in [-0.05, 0) is 43.2 Å². The minimum Gasteiger partial charge on any atom is -0.383 e. The number of carbonyl (C=O) groups is 2. The molecule has 0 radical (unpaired) electrons. The first kappa shape index (κ1) is 22.8. The highest BCUT2D eigenvalue weighted by Gasteiger charge is 2.29. The number of nitrogens with zero attached hydrogens (tertiary/aromatic N) is 1. The number of likely N-dealkylation sites (tertiary alicyclic amines) is 1. The van der Waals surface area contributed by atoms with Crippen molar-refractivity contribution < 1.29 is 22.7 Å². The zero-order valence-corrected chi connectivity index (χ0v) is 18.2. The molecule has 2 aromatic carbocycles. The van der Waals surface area contributed by atoms with Crippen molar-refractivity contribution in [1.82, 2.24) is 10.2 Å². The van der Waals surface area contributed by atoms with Crippen LogP contribution >= 0.6 is 0 Å². The van der Waals surface area contributed by atoms with Crippen LogP contribution in [0.15, 0.2) is 59.5 Å². The molecule has 3 rings (SSSR count). The predicted molar refractivity (Wildman–Crippen MR) is 117 cm³/mol. The van der Waals surface area contributed by atoms with Gasteiger partial charge < -0.3 is 15.0 Å². The Bertz CT molecular complexity index is 1010. The average molecular weight is 446 g/mol. The van der Waals surface area contributed by atoms with Gasteiger partial charge in [0.2, 0.25) is 5.91 Å². The number of rotatable bonds is 8. The molecule has 0 bridgehead atoms. The molecule has 8 nitrogen and oxygen atoms in total. The van der Waals surface area contributed by atoms with Crippen LogP contribution in [-0.4, -0.2) is 58.5 Å². The fraction of sp³-hybridized carbons (Fsp3) is 0.364. The summed E-state index contributed by atoms with van der Waals surface area (Å²) in [6.07, 6.45) is 1.45. The smallest absolute Gasteiger partial charge is 0.261 e. The van der Waals surface area contributed by atoms with Gasteiger partial charge >= 0.3 is 0 Å². The topological polar surface area (TPSA) is 105 Å². The number of piperidine rings is 1. The third-order valence-corrected chi connectivity index (χ3v) is 6.50. The fourth-order valence-corrected chi connectivity index (χ4v) is 4.58. The van der Waals surface area contributed by atoms with Crippen LogP contribution in [0.25, 0.3) is 0 Å². The van der Waals surface area contributed by atoms with Gasteiger partial charge in [0.1, 0.15) is 0 Å². The van der Waals surface area contributed by atoms with Crippen molar-refractivity contribution in [3.8, 4) is 0 Å². The number of hydrogen-bond acceptors (Lipinski definition) is 5. The molecular weight excluding hydrogens is 418 g/mol. The van der Waals surface area contributed by atoms with Gasteiger partial charge in [0.25, 0.3) is 15.9 Å². The van der Waals surface area contributed by atoms with E-state index in [9.17, 15) is 18.0 Å². The van der Waals surface area contributed by atoms with E-state index < -0.39 is 10.0 Å². The molecule has 1 heterocycles. The van der Waals surface area contributed by atoms with Crippen LogP contribution < -0.4 is 10.0 Å². The summed E-state index contributed by atoms with van der Waals surface area (Å²) in [5, 5.41) is 2.82. The second-order valence-electron chi connectivity index (χ2n) is 7.37. The summed E-state index contributed by atoms with van der Waals surface area (Å²) in [5.41, 5.74) is 0.675. The van der Waals surface area contributed by atoms with Gasteiger partial charge in [0, 0.05) is 38.0 Å². The summed E-state index contributed by atoms with van der Waals surface area (Å²) < 4.78 is 32.6. The zero-order chi connectivity index (χ0) is 22.3. The molecule has 0 spiro atoms. The third kappa shape index (κ3) is 6.05. The van der Waals surface area contributed by atoms with E-state index in [1.807, 2.05) is 0 Å². The molecule has 31 heavy (non-hydrogen) atoms. The van der Waals surface area contributed by atoms with Gasteiger partial charge in [-0.2, -0.15) is 0 Å². The molecule has 0 aliphatic carbocycles. The average Bonchev–Trinajstić information content (AvgIpc) is 2.79. The van der Waals surface area contributed by atoms with Gasteiger partial charge in [-0.25, -0.2) is 8.42 Å². The Morgan fingerprint density at radius 1 is 1.13 bits per heavy atom. The van der Waals surface area contributed by atoms with E-state index in [0.29, 0.717) is 37.5 Å². The number of anilines is 1. The molecule has 0 saturated carbocycles. The van der Waals surface area contributed by atoms with Crippen molar-refractivity contribution in [3.05, 3.63) is 60.2 Å². The van der Waals surface area contributed by atoms with Crippen molar-refractivity contribution in [2.24, 2.45) is 5.92 Å². The van der Waals surface area contributed by atoms with E-state index in [-0.39, 0.29) is 22.6 Å². The largest absolute Gasteiger partial charge is 0.383 e. The van der Waals surface area contributed by atoms with E-state index in [4.69, 9.17) is 4.74 Å². The van der Waals surface area contributed by atoms with Crippen LogP contribution in [0, 0.1) is 5.92 Å². The normalized spacial score (nSPS) is 16.5. The second-order valence-corrected chi connectivity index (χ2v) is 9.06. The quantitative estimate of drug-likeness (QED) is 0.606. The monoisotopic (exact) mass is 445 g/mol. The molecule has 0 aromatic heterocycles. The van der Waals surface area contributed by atoms with Crippen molar-refractivity contribution in [3.63, 3.8) is 0 Å².